The Bertz CT molecular complexity index is 1460. The maximum atomic E-state index is 13.0. The average molecular weight is 524 g/mol. The van der Waals surface area contributed by atoms with E-state index in [4.69, 9.17) is 19.6 Å². The van der Waals surface area contributed by atoms with Gasteiger partial charge in [-0.1, -0.05) is 13.0 Å². The molecule has 0 bridgehead atoms. The van der Waals surface area contributed by atoms with E-state index >= 15 is 0 Å². The Morgan fingerprint density at radius 1 is 1.37 bits per heavy atom. The first kappa shape index (κ1) is 27.2. The van der Waals surface area contributed by atoms with Crippen LogP contribution in [-0.4, -0.2) is 46.0 Å². The van der Waals surface area contributed by atoms with E-state index in [9.17, 15) is 19.8 Å². The van der Waals surface area contributed by atoms with E-state index in [1.807, 2.05) is 6.92 Å². The molecule has 0 saturated heterocycles. The molecule has 0 saturated carbocycles. The number of carbonyl (C=O) groups is 1. The van der Waals surface area contributed by atoms with Gasteiger partial charge in [0.05, 0.1) is 0 Å². The molecule has 0 radical (unpaired) electrons. The van der Waals surface area contributed by atoms with Crippen molar-refractivity contribution < 1.29 is 28.9 Å². The predicted molar refractivity (Wildman–Crippen MR) is 142 cm³/mol. The standard InChI is InChI=1S/C28H33N3O7/c1-5-16(13-30-6-2)27(35)37-21-12-18-24(34)23-20(33)11-17(14-32)36-26(23)19(25(18)38-28(21,3)4)9-15-7-8-31-22(29)10-15/h5,7-8,10-11,21,30,32,34H,6,9,12-14H2,1-4H3,(H2,29,31)/t21-/m0/s1. The predicted octanol–water partition coefficient (Wildman–Crippen LogP) is 2.74. The van der Waals surface area contributed by atoms with Crippen molar-refractivity contribution in [3.63, 3.8) is 0 Å². The average Bonchev–Trinajstić information content (AvgIpc) is 2.87. The van der Waals surface area contributed by atoms with Crippen LogP contribution in [0.15, 0.2) is 45.3 Å². The molecule has 10 heteroatoms. The lowest BCUT2D eigenvalue weighted by Crippen LogP contribution is -2.49. The molecule has 0 spiro atoms. The molecule has 202 valence electrons. The number of benzene rings is 1. The van der Waals surface area contributed by atoms with Gasteiger partial charge in [-0.2, -0.15) is 0 Å². The molecular formula is C28H33N3O7. The number of phenolic OH excluding ortho intramolecular Hbond substituents is 1. The number of ether oxygens (including phenoxy) is 2. The Morgan fingerprint density at radius 2 is 2.13 bits per heavy atom. The Labute approximate surface area is 220 Å². The van der Waals surface area contributed by atoms with E-state index in [0.717, 1.165) is 11.6 Å². The summed E-state index contributed by atoms with van der Waals surface area (Å²) in [5, 5.41) is 24.0. The second kappa shape index (κ2) is 10.8. The summed E-state index contributed by atoms with van der Waals surface area (Å²) in [4.78, 5) is 30.0. The number of nitrogens with one attached hydrogen (secondary N) is 1. The highest BCUT2D eigenvalue weighted by Crippen LogP contribution is 2.46. The van der Waals surface area contributed by atoms with E-state index in [0.29, 0.717) is 41.4 Å². The highest BCUT2D eigenvalue weighted by molar-refractivity contribution is 5.91. The molecule has 3 aromatic rings. The van der Waals surface area contributed by atoms with Gasteiger partial charge in [0.2, 0.25) is 0 Å². The number of pyridine rings is 1. The highest BCUT2D eigenvalue weighted by Gasteiger charge is 2.43. The molecule has 0 fully saturated rings. The number of esters is 1. The summed E-state index contributed by atoms with van der Waals surface area (Å²) >= 11 is 0. The third-order valence-corrected chi connectivity index (χ3v) is 6.68. The molecule has 1 aromatic carbocycles. The van der Waals surface area contributed by atoms with Crippen molar-refractivity contribution in [3.8, 4) is 11.5 Å². The molecule has 1 aliphatic rings. The van der Waals surface area contributed by atoms with Crippen LogP contribution in [-0.2, 0) is 29.0 Å². The monoisotopic (exact) mass is 523 g/mol. The number of aromatic nitrogens is 1. The van der Waals surface area contributed by atoms with Crippen LogP contribution < -0.4 is 21.2 Å². The van der Waals surface area contributed by atoms with Crippen LogP contribution in [0.5, 0.6) is 11.5 Å². The first-order valence-corrected chi connectivity index (χ1v) is 12.5. The summed E-state index contributed by atoms with van der Waals surface area (Å²) in [5.41, 5.74) is 6.60. The Balaban J connectivity index is 1.85. The minimum atomic E-state index is -0.985. The smallest absolute Gasteiger partial charge is 0.335 e. The van der Waals surface area contributed by atoms with E-state index in [-0.39, 0.29) is 35.3 Å². The normalized spacial score (nSPS) is 16.7. The SMILES string of the molecule is CC=C(CNCC)C(=O)O[C@H]1Cc2c(c(Cc3ccnc(N)c3)c3oc(CO)cc(=O)c3c2O)OC1(C)C. The van der Waals surface area contributed by atoms with Crippen LogP contribution in [0.25, 0.3) is 11.0 Å². The molecule has 4 rings (SSSR count). The molecular weight excluding hydrogens is 490 g/mol. The number of aromatic hydroxyl groups is 1. The van der Waals surface area contributed by atoms with Crippen molar-refractivity contribution >= 4 is 22.8 Å². The van der Waals surface area contributed by atoms with Crippen molar-refractivity contribution in [2.45, 2.75) is 58.8 Å². The second-order valence-corrected chi connectivity index (χ2v) is 9.74. The fourth-order valence-corrected chi connectivity index (χ4v) is 4.58. The maximum Gasteiger partial charge on any atom is 0.335 e. The van der Waals surface area contributed by atoms with Crippen LogP contribution in [0.3, 0.4) is 0 Å². The first-order valence-electron chi connectivity index (χ1n) is 12.5. The summed E-state index contributed by atoms with van der Waals surface area (Å²) < 4.78 is 18.2. The quantitative estimate of drug-likeness (QED) is 0.256. The van der Waals surface area contributed by atoms with Gasteiger partial charge in [0, 0.05) is 48.3 Å². The van der Waals surface area contributed by atoms with Crippen molar-refractivity contribution in [1.29, 1.82) is 0 Å². The molecule has 10 nitrogen and oxygen atoms in total. The third-order valence-electron chi connectivity index (χ3n) is 6.68. The number of anilines is 1. The van der Waals surface area contributed by atoms with E-state index in [2.05, 4.69) is 10.3 Å². The summed E-state index contributed by atoms with van der Waals surface area (Å²) in [6, 6.07) is 4.62. The van der Waals surface area contributed by atoms with Crippen molar-refractivity contribution in [2.24, 2.45) is 0 Å². The number of nitrogen functional groups attached to an aromatic ring is 1. The minimum Gasteiger partial charge on any atom is -0.507 e. The zero-order valence-corrected chi connectivity index (χ0v) is 22.0. The van der Waals surface area contributed by atoms with Gasteiger partial charge in [-0.05, 0) is 45.0 Å². The summed E-state index contributed by atoms with van der Waals surface area (Å²) in [7, 11) is 0. The Hall–Kier alpha value is -3.89. The molecule has 1 aliphatic heterocycles. The van der Waals surface area contributed by atoms with Crippen LogP contribution in [0, 0.1) is 0 Å². The van der Waals surface area contributed by atoms with Gasteiger partial charge in [0.25, 0.3) is 0 Å². The molecule has 1 atom stereocenters. The molecule has 0 aliphatic carbocycles. The van der Waals surface area contributed by atoms with Gasteiger partial charge in [-0.25, -0.2) is 9.78 Å². The van der Waals surface area contributed by atoms with Crippen molar-refractivity contribution in [2.75, 3.05) is 18.8 Å². The molecule has 3 heterocycles. The second-order valence-electron chi connectivity index (χ2n) is 9.74. The van der Waals surface area contributed by atoms with E-state index in [1.165, 1.54) is 0 Å². The zero-order valence-electron chi connectivity index (χ0n) is 22.0. The van der Waals surface area contributed by atoms with Crippen molar-refractivity contribution in [1.82, 2.24) is 10.3 Å². The van der Waals surface area contributed by atoms with Crippen LogP contribution >= 0.6 is 0 Å². The molecule has 0 unspecified atom stereocenters. The maximum absolute atomic E-state index is 13.0. The fourth-order valence-electron chi connectivity index (χ4n) is 4.58. The molecule has 2 aromatic heterocycles. The minimum absolute atomic E-state index is 0.0346. The lowest BCUT2D eigenvalue weighted by molar-refractivity contribution is -0.156. The van der Waals surface area contributed by atoms with Crippen LogP contribution in [0.2, 0.25) is 0 Å². The van der Waals surface area contributed by atoms with Gasteiger partial charge in [-0.3, -0.25) is 4.79 Å². The number of rotatable bonds is 8. The summed E-state index contributed by atoms with van der Waals surface area (Å²) in [6.07, 6.45) is 2.87. The topological polar surface area (TPSA) is 157 Å². The Morgan fingerprint density at radius 3 is 2.79 bits per heavy atom. The van der Waals surface area contributed by atoms with Gasteiger partial charge in [-0.15, -0.1) is 0 Å². The lowest BCUT2D eigenvalue weighted by atomic mass is 9.86. The number of aliphatic hydroxyl groups is 1. The molecule has 0 amide bonds. The summed E-state index contributed by atoms with van der Waals surface area (Å²) in [6.45, 7) is 7.87. The number of allylic oxidation sites excluding steroid dienone is 1. The van der Waals surface area contributed by atoms with E-state index < -0.39 is 29.7 Å². The number of carbonyl (C=O) groups excluding carboxylic acids is 1. The Kier molecular flexibility index (Phi) is 7.75. The number of phenols is 1. The van der Waals surface area contributed by atoms with Gasteiger partial charge < -0.3 is 35.2 Å². The number of nitrogens with zero attached hydrogens (tertiary/aromatic N) is 1. The number of nitrogens with two attached hydrogens (primary N) is 1. The van der Waals surface area contributed by atoms with Gasteiger partial charge in [0.15, 0.2) is 5.43 Å². The first-order chi connectivity index (χ1) is 18.1. The number of aliphatic hydroxyl groups excluding tert-OH is 1. The van der Waals surface area contributed by atoms with Gasteiger partial charge >= 0.3 is 5.97 Å². The number of hydrogen-bond donors (Lipinski definition) is 4. The van der Waals surface area contributed by atoms with Gasteiger partial charge in [0.1, 0.15) is 52.4 Å². The lowest BCUT2D eigenvalue weighted by Gasteiger charge is -2.40. The zero-order chi connectivity index (χ0) is 27.6. The van der Waals surface area contributed by atoms with Crippen molar-refractivity contribution in [3.05, 3.63) is 68.7 Å². The molecule has 5 N–H and O–H groups in total. The highest BCUT2D eigenvalue weighted by atomic mass is 16.6. The van der Waals surface area contributed by atoms with Crippen LogP contribution in [0.4, 0.5) is 5.82 Å². The summed E-state index contributed by atoms with van der Waals surface area (Å²) in [5.74, 6) is -0.0822. The van der Waals surface area contributed by atoms with E-state index in [1.54, 1.807) is 45.2 Å². The number of likely N-dealkylation sites (N-methyl/N-ethyl adjacent to an activating group) is 1. The fraction of sp³-hybridized carbons (Fsp3) is 0.393. The molecule has 38 heavy (non-hydrogen) atoms. The number of fused-ring (bicyclic) bond motifs is 2. The number of hydrogen-bond acceptors (Lipinski definition) is 10. The van der Waals surface area contributed by atoms with Crippen LogP contribution in [0.1, 0.15) is 50.1 Å². The largest absolute Gasteiger partial charge is 0.507 e. The third kappa shape index (κ3) is 5.23.